The van der Waals surface area contributed by atoms with E-state index in [1.54, 1.807) is 0 Å². The molecule has 0 aromatic heterocycles. The predicted molar refractivity (Wildman–Crippen MR) is 84.6 cm³/mol. The lowest BCUT2D eigenvalue weighted by Gasteiger charge is -2.35. The first-order valence-electron chi connectivity index (χ1n) is 7.88. The number of hydrogen-bond donors (Lipinski definition) is 2. The molecule has 1 saturated heterocycles. The van der Waals surface area contributed by atoms with E-state index in [-0.39, 0.29) is 17.9 Å². The molecule has 1 heterocycles. The van der Waals surface area contributed by atoms with Gasteiger partial charge >= 0.3 is 12.0 Å². The van der Waals surface area contributed by atoms with Gasteiger partial charge in [0, 0.05) is 30.1 Å². The highest BCUT2D eigenvalue weighted by Gasteiger charge is 2.32. The standard InChI is InChI=1S/C15H26N2O3S/c1-10-8-17(9-11(2)21-10)15(20)16-7-12-5-3-4-6-13(12)14(18)19/h10-13H,3-9H2,1-2H3,(H,16,20)(H,18,19). The van der Waals surface area contributed by atoms with Crippen LogP contribution in [0.2, 0.25) is 0 Å². The van der Waals surface area contributed by atoms with Crippen LogP contribution in [0, 0.1) is 11.8 Å². The third kappa shape index (κ3) is 4.53. The van der Waals surface area contributed by atoms with Crippen molar-refractivity contribution in [3.8, 4) is 0 Å². The van der Waals surface area contributed by atoms with E-state index in [1.165, 1.54) is 0 Å². The van der Waals surface area contributed by atoms with E-state index in [1.807, 2.05) is 16.7 Å². The largest absolute Gasteiger partial charge is 0.481 e. The van der Waals surface area contributed by atoms with Crippen molar-refractivity contribution in [2.24, 2.45) is 11.8 Å². The van der Waals surface area contributed by atoms with E-state index in [0.29, 0.717) is 17.0 Å². The van der Waals surface area contributed by atoms with Gasteiger partial charge in [-0.3, -0.25) is 4.79 Å². The first-order chi connectivity index (χ1) is 9.97. The summed E-state index contributed by atoms with van der Waals surface area (Å²) < 4.78 is 0. The fourth-order valence-corrected chi connectivity index (χ4v) is 4.78. The van der Waals surface area contributed by atoms with Crippen molar-refractivity contribution in [2.45, 2.75) is 50.0 Å². The number of carbonyl (C=O) groups is 2. The highest BCUT2D eigenvalue weighted by atomic mass is 32.2. The number of aliphatic carboxylic acids is 1. The minimum atomic E-state index is -0.717. The normalized spacial score (nSPS) is 33.5. The lowest BCUT2D eigenvalue weighted by atomic mass is 9.79. The highest BCUT2D eigenvalue weighted by molar-refractivity contribution is 8.00. The van der Waals surface area contributed by atoms with Crippen molar-refractivity contribution >= 4 is 23.8 Å². The predicted octanol–water partition coefficient (Wildman–Crippen LogP) is 2.41. The molecule has 2 aliphatic rings. The van der Waals surface area contributed by atoms with Gasteiger partial charge in [-0.25, -0.2) is 4.79 Å². The van der Waals surface area contributed by atoms with Crippen molar-refractivity contribution in [3.63, 3.8) is 0 Å². The summed E-state index contributed by atoms with van der Waals surface area (Å²) in [5, 5.41) is 13.1. The van der Waals surface area contributed by atoms with Crippen molar-refractivity contribution in [3.05, 3.63) is 0 Å². The summed E-state index contributed by atoms with van der Waals surface area (Å²) in [4.78, 5) is 25.4. The second kappa shape index (κ2) is 7.38. The van der Waals surface area contributed by atoms with Crippen molar-refractivity contribution in [2.75, 3.05) is 19.6 Å². The van der Waals surface area contributed by atoms with Gasteiger partial charge in [0.1, 0.15) is 0 Å². The van der Waals surface area contributed by atoms with Gasteiger partial charge in [0.15, 0.2) is 0 Å². The molecule has 2 rings (SSSR count). The molecule has 2 fully saturated rings. The maximum Gasteiger partial charge on any atom is 0.317 e. The topological polar surface area (TPSA) is 69.6 Å². The molecular formula is C15H26N2O3S. The summed E-state index contributed by atoms with van der Waals surface area (Å²) >= 11 is 1.91. The van der Waals surface area contributed by atoms with Crippen molar-refractivity contribution < 1.29 is 14.7 Å². The first kappa shape index (κ1) is 16.5. The van der Waals surface area contributed by atoms with Crippen molar-refractivity contribution in [1.82, 2.24) is 10.2 Å². The van der Waals surface area contributed by atoms with Crippen LogP contribution >= 0.6 is 11.8 Å². The lowest BCUT2D eigenvalue weighted by molar-refractivity contribution is -0.144. The molecule has 5 nitrogen and oxygen atoms in total. The Bertz CT molecular complexity index is 381. The summed E-state index contributed by atoms with van der Waals surface area (Å²) in [7, 11) is 0. The van der Waals surface area contributed by atoms with Crippen LogP contribution < -0.4 is 5.32 Å². The van der Waals surface area contributed by atoms with Crippen LogP contribution in [0.25, 0.3) is 0 Å². The number of rotatable bonds is 3. The number of nitrogens with one attached hydrogen (secondary N) is 1. The first-order valence-corrected chi connectivity index (χ1v) is 8.82. The molecule has 0 spiro atoms. The van der Waals surface area contributed by atoms with Gasteiger partial charge in [-0.2, -0.15) is 11.8 Å². The Morgan fingerprint density at radius 3 is 2.43 bits per heavy atom. The number of urea groups is 1. The van der Waals surface area contributed by atoms with E-state index in [0.717, 1.165) is 38.8 Å². The monoisotopic (exact) mass is 314 g/mol. The number of carboxylic acids is 1. The highest BCUT2D eigenvalue weighted by Crippen LogP contribution is 2.30. The van der Waals surface area contributed by atoms with Crippen LogP contribution in [0.5, 0.6) is 0 Å². The number of carboxylic acid groups (broad SMARTS) is 1. The maximum atomic E-state index is 12.3. The van der Waals surface area contributed by atoms with Crippen LogP contribution in [0.1, 0.15) is 39.5 Å². The molecule has 2 amide bonds. The second-order valence-electron chi connectivity index (χ2n) is 6.34. The molecule has 0 aromatic rings. The van der Waals surface area contributed by atoms with Gasteiger partial charge in [0.25, 0.3) is 0 Å². The average Bonchev–Trinajstić information content (AvgIpc) is 2.43. The fourth-order valence-electron chi connectivity index (χ4n) is 3.45. The summed E-state index contributed by atoms with van der Waals surface area (Å²) in [6.45, 7) is 6.31. The fraction of sp³-hybridized carbons (Fsp3) is 0.867. The Kier molecular flexibility index (Phi) is 5.79. The Morgan fingerprint density at radius 1 is 1.19 bits per heavy atom. The summed E-state index contributed by atoms with van der Waals surface area (Å²) in [6.07, 6.45) is 3.70. The zero-order valence-corrected chi connectivity index (χ0v) is 13.7. The van der Waals surface area contributed by atoms with Gasteiger partial charge < -0.3 is 15.3 Å². The maximum absolute atomic E-state index is 12.3. The molecule has 6 heteroatoms. The van der Waals surface area contributed by atoms with E-state index >= 15 is 0 Å². The molecule has 21 heavy (non-hydrogen) atoms. The summed E-state index contributed by atoms with van der Waals surface area (Å²) in [6, 6.07) is -0.0382. The van der Waals surface area contributed by atoms with Gasteiger partial charge in [0.2, 0.25) is 0 Å². The van der Waals surface area contributed by atoms with Crippen LogP contribution in [0.4, 0.5) is 4.79 Å². The number of carbonyl (C=O) groups excluding carboxylic acids is 1. The molecule has 4 atom stereocenters. The minimum Gasteiger partial charge on any atom is -0.481 e. The van der Waals surface area contributed by atoms with E-state index in [4.69, 9.17) is 0 Å². The summed E-state index contributed by atoms with van der Waals surface area (Å²) in [5.41, 5.74) is 0. The second-order valence-corrected chi connectivity index (χ2v) is 8.22. The number of thioether (sulfide) groups is 1. The third-order valence-corrected chi connectivity index (χ3v) is 5.68. The number of amides is 2. The Morgan fingerprint density at radius 2 is 1.81 bits per heavy atom. The molecule has 4 unspecified atom stereocenters. The molecule has 1 aliphatic carbocycles. The zero-order valence-electron chi connectivity index (χ0n) is 12.9. The molecule has 2 N–H and O–H groups in total. The molecule has 0 radical (unpaired) electrons. The smallest absolute Gasteiger partial charge is 0.317 e. The molecule has 120 valence electrons. The van der Waals surface area contributed by atoms with Crippen LogP contribution in [-0.2, 0) is 4.79 Å². The van der Waals surface area contributed by atoms with Gasteiger partial charge in [-0.05, 0) is 18.8 Å². The van der Waals surface area contributed by atoms with E-state index < -0.39 is 5.97 Å². The third-order valence-electron chi connectivity index (χ3n) is 4.45. The average molecular weight is 314 g/mol. The van der Waals surface area contributed by atoms with Gasteiger partial charge in [-0.15, -0.1) is 0 Å². The summed E-state index contributed by atoms with van der Waals surface area (Å²) in [5.74, 6) is -0.936. The van der Waals surface area contributed by atoms with E-state index in [2.05, 4.69) is 19.2 Å². The minimum absolute atomic E-state index is 0.0382. The Hall–Kier alpha value is -0.910. The quantitative estimate of drug-likeness (QED) is 0.839. The number of hydrogen-bond acceptors (Lipinski definition) is 3. The molecule has 1 saturated carbocycles. The molecular weight excluding hydrogens is 288 g/mol. The number of nitrogens with zero attached hydrogens (tertiary/aromatic N) is 1. The molecule has 1 aliphatic heterocycles. The van der Waals surface area contributed by atoms with Gasteiger partial charge in [0.05, 0.1) is 5.92 Å². The van der Waals surface area contributed by atoms with E-state index in [9.17, 15) is 14.7 Å². The molecule has 0 bridgehead atoms. The molecule has 0 aromatic carbocycles. The zero-order chi connectivity index (χ0) is 15.4. The lowest BCUT2D eigenvalue weighted by Crippen LogP contribution is -2.50. The van der Waals surface area contributed by atoms with Crippen molar-refractivity contribution in [1.29, 1.82) is 0 Å². The van der Waals surface area contributed by atoms with Crippen LogP contribution in [-0.4, -0.2) is 52.1 Å². The Labute approximate surface area is 130 Å². The van der Waals surface area contributed by atoms with Crippen LogP contribution in [0.15, 0.2) is 0 Å². The Balaban J connectivity index is 1.83. The van der Waals surface area contributed by atoms with Gasteiger partial charge in [-0.1, -0.05) is 26.7 Å². The SMILES string of the molecule is CC1CN(C(=O)NCC2CCCCC2C(=O)O)CC(C)S1. The van der Waals surface area contributed by atoms with Crippen LogP contribution in [0.3, 0.4) is 0 Å².